The van der Waals surface area contributed by atoms with Gasteiger partial charge in [-0.1, -0.05) is 6.07 Å². The van der Waals surface area contributed by atoms with Crippen LogP contribution in [-0.2, 0) is 11.3 Å². The minimum atomic E-state index is -0.134. The van der Waals surface area contributed by atoms with E-state index in [0.29, 0.717) is 5.11 Å². The molecular weight excluding hydrogens is 436 g/mol. The smallest absolute Gasteiger partial charge is 0.174 e. The Bertz CT molecular complexity index is 1110. The van der Waals surface area contributed by atoms with Crippen molar-refractivity contribution in [3.63, 3.8) is 0 Å². The first-order valence-electron chi connectivity index (χ1n) is 11.2. The number of thiocarbonyl (C=S) groups is 1. The third-order valence-electron chi connectivity index (χ3n) is 6.34. The van der Waals surface area contributed by atoms with Crippen LogP contribution in [0.25, 0.3) is 0 Å². The van der Waals surface area contributed by atoms with Gasteiger partial charge in [0.15, 0.2) is 5.11 Å². The molecule has 172 valence electrons. The summed E-state index contributed by atoms with van der Waals surface area (Å²) in [4.78, 5) is 6.78. The van der Waals surface area contributed by atoms with Gasteiger partial charge in [0.2, 0.25) is 0 Å². The highest BCUT2D eigenvalue weighted by Crippen LogP contribution is 2.45. The fourth-order valence-electron chi connectivity index (χ4n) is 4.77. The second kappa shape index (κ2) is 9.41. The van der Waals surface area contributed by atoms with Gasteiger partial charge in [-0.3, -0.25) is 4.98 Å². The Kier molecular flexibility index (Phi) is 6.20. The van der Waals surface area contributed by atoms with E-state index < -0.39 is 0 Å². The third-order valence-corrected chi connectivity index (χ3v) is 6.65. The predicted octanol–water partition coefficient (Wildman–Crippen LogP) is 4.26. The van der Waals surface area contributed by atoms with Crippen molar-refractivity contribution in [3.05, 3.63) is 72.3 Å². The van der Waals surface area contributed by atoms with Crippen LogP contribution in [0.15, 0.2) is 60.9 Å². The lowest BCUT2D eigenvalue weighted by molar-refractivity contribution is 0.0961. The van der Waals surface area contributed by atoms with E-state index in [1.165, 1.54) is 0 Å². The number of anilines is 1. The SMILES string of the molecule is COc1ccc(OC)c(N2C(=S)N[C@@H](c3ccccn3)[C@H]2c2cccn2C[C@@H]2CCCO2)c1. The third kappa shape index (κ3) is 4.16. The molecule has 0 amide bonds. The number of methoxy groups -OCH3 is 2. The molecule has 0 unspecified atom stereocenters. The summed E-state index contributed by atoms with van der Waals surface area (Å²) in [7, 11) is 3.33. The molecule has 33 heavy (non-hydrogen) atoms. The molecule has 1 aromatic carbocycles. The first kappa shape index (κ1) is 21.7. The normalized spacial score (nSPS) is 22.4. The minimum Gasteiger partial charge on any atom is -0.497 e. The topological polar surface area (TPSA) is 60.8 Å². The molecule has 0 saturated carbocycles. The van der Waals surface area contributed by atoms with E-state index >= 15 is 0 Å². The van der Waals surface area contributed by atoms with E-state index in [4.69, 9.17) is 26.4 Å². The second-order valence-electron chi connectivity index (χ2n) is 8.25. The molecule has 0 aliphatic carbocycles. The summed E-state index contributed by atoms with van der Waals surface area (Å²) >= 11 is 5.88. The number of aromatic nitrogens is 2. The highest BCUT2D eigenvalue weighted by atomic mass is 32.1. The maximum atomic E-state index is 5.93. The van der Waals surface area contributed by atoms with Crippen LogP contribution in [0.4, 0.5) is 5.69 Å². The quantitative estimate of drug-likeness (QED) is 0.525. The van der Waals surface area contributed by atoms with Gasteiger partial charge in [0.25, 0.3) is 0 Å². The number of hydrogen-bond acceptors (Lipinski definition) is 5. The van der Waals surface area contributed by atoms with Crippen LogP contribution in [0.1, 0.15) is 36.3 Å². The zero-order chi connectivity index (χ0) is 22.8. The molecule has 2 aliphatic heterocycles. The molecule has 2 fully saturated rings. The average molecular weight is 465 g/mol. The Hall–Kier alpha value is -3.10. The van der Waals surface area contributed by atoms with Crippen LogP contribution in [0.2, 0.25) is 0 Å². The van der Waals surface area contributed by atoms with Gasteiger partial charge in [0.05, 0.1) is 37.7 Å². The van der Waals surface area contributed by atoms with Crippen LogP contribution in [0.3, 0.4) is 0 Å². The number of benzene rings is 1. The van der Waals surface area contributed by atoms with E-state index in [9.17, 15) is 0 Å². The van der Waals surface area contributed by atoms with E-state index in [0.717, 1.165) is 54.6 Å². The van der Waals surface area contributed by atoms with E-state index in [1.54, 1.807) is 14.2 Å². The predicted molar refractivity (Wildman–Crippen MR) is 131 cm³/mol. The van der Waals surface area contributed by atoms with Crippen molar-refractivity contribution < 1.29 is 14.2 Å². The van der Waals surface area contributed by atoms with E-state index in [-0.39, 0.29) is 18.2 Å². The molecule has 8 heteroatoms. The summed E-state index contributed by atoms with van der Waals surface area (Å²) in [6.45, 7) is 1.64. The molecule has 2 aliphatic rings. The molecular formula is C25H28N4O3S. The van der Waals surface area contributed by atoms with Gasteiger partial charge in [0, 0.05) is 37.3 Å². The number of ether oxygens (including phenoxy) is 3. The van der Waals surface area contributed by atoms with Gasteiger partial charge < -0.3 is 29.0 Å². The van der Waals surface area contributed by atoms with Crippen LogP contribution in [-0.4, -0.2) is 41.6 Å². The Morgan fingerprint density at radius 1 is 1.15 bits per heavy atom. The van der Waals surface area contributed by atoms with Crippen molar-refractivity contribution in [2.45, 2.75) is 37.6 Å². The average Bonchev–Trinajstić information content (AvgIpc) is 3.60. The highest BCUT2D eigenvalue weighted by molar-refractivity contribution is 7.80. The van der Waals surface area contributed by atoms with Gasteiger partial charge in [0.1, 0.15) is 17.5 Å². The van der Waals surface area contributed by atoms with Crippen molar-refractivity contribution >= 4 is 23.0 Å². The van der Waals surface area contributed by atoms with Crippen molar-refractivity contribution in [2.75, 3.05) is 25.7 Å². The zero-order valence-corrected chi connectivity index (χ0v) is 19.6. The van der Waals surface area contributed by atoms with Crippen molar-refractivity contribution in [3.8, 4) is 11.5 Å². The Morgan fingerprint density at radius 3 is 2.79 bits per heavy atom. The first-order chi connectivity index (χ1) is 16.2. The Labute approximate surface area is 199 Å². The summed E-state index contributed by atoms with van der Waals surface area (Å²) in [6.07, 6.45) is 6.35. The zero-order valence-electron chi connectivity index (χ0n) is 18.8. The molecule has 0 spiro atoms. The van der Waals surface area contributed by atoms with Crippen molar-refractivity contribution in [2.24, 2.45) is 0 Å². The molecule has 3 aromatic rings. The fraction of sp³-hybridized carbons (Fsp3) is 0.360. The lowest BCUT2D eigenvalue weighted by Gasteiger charge is -2.30. The molecule has 7 nitrogen and oxygen atoms in total. The lowest BCUT2D eigenvalue weighted by Crippen LogP contribution is -2.31. The highest BCUT2D eigenvalue weighted by Gasteiger charge is 2.43. The molecule has 0 radical (unpaired) electrons. The summed E-state index contributed by atoms with van der Waals surface area (Å²) in [5.74, 6) is 1.47. The van der Waals surface area contributed by atoms with Crippen LogP contribution in [0.5, 0.6) is 11.5 Å². The summed E-state index contributed by atoms with van der Waals surface area (Å²) in [5.41, 5.74) is 2.92. The monoisotopic (exact) mass is 464 g/mol. The molecule has 1 N–H and O–H groups in total. The van der Waals surface area contributed by atoms with Gasteiger partial charge in [-0.25, -0.2) is 0 Å². The molecule has 2 aromatic heterocycles. The number of pyridine rings is 1. The lowest BCUT2D eigenvalue weighted by atomic mass is 10.0. The molecule has 0 bridgehead atoms. The summed E-state index contributed by atoms with van der Waals surface area (Å²) in [5, 5.41) is 4.14. The fourth-order valence-corrected chi connectivity index (χ4v) is 5.11. The van der Waals surface area contributed by atoms with Gasteiger partial charge >= 0.3 is 0 Å². The van der Waals surface area contributed by atoms with Crippen LogP contribution < -0.4 is 19.7 Å². The molecule has 3 atom stereocenters. The second-order valence-corrected chi connectivity index (χ2v) is 8.64. The van der Waals surface area contributed by atoms with E-state index in [2.05, 4.69) is 38.1 Å². The maximum Gasteiger partial charge on any atom is 0.174 e. The largest absolute Gasteiger partial charge is 0.497 e. The first-order valence-corrected chi connectivity index (χ1v) is 11.6. The maximum absolute atomic E-state index is 5.93. The number of nitrogens with zero attached hydrogens (tertiary/aromatic N) is 3. The van der Waals surface area contributed by atoms with Gasteiger partial charge in [-0.05, 0) is 61.5 Å². The Morgan fingerprint density at radius 2 is 2.06 bits per heavy atom. The van der Waals surface area contributed by atoms with Crippen molar-refractivity contribution in [1.29, 1.82) is 0 Å². The summed E-state index contributed by atoms with van der Waals surface area (Å²) in [6, 6.07) is 15.7. The van der Waals surface area contributed by atoms with E-state index in [1.807, 2.05) is 42.6 Å². The van der Waals surface area contributed by atoms with Crippen LogP contribution in [0, 0.1) is 0 Å². The summed E-state index contributed by atoms with van der Waals surface area (Å²) < 4.78 is 19.5. The number of nitrogens with one attached hydrogen (secondary N) is 1. The van der Waals surface area contributed by atoms with Gasteiger partial charge in [-0.15, -0.1) is 0 Å². The standard InChI is InChI=1S/C25H28N4O3S/c1-30-17-10-11-22(31-2)21(15-17)29-24(23(27-25(29)33)19-8-3-4-12-26-19)20-9-5-13-28(20)16-18-7-6-14-32-18/h3-5,8-13,15,18,23-24H,6-7,14,16H2,1-2H3,(H,27,33)/t18-,23-,24+/m0/s1. The Balaban J connectivity index is 1.62. The molecule has 2 saturated heterocycles. The number of rotatable bonds is 7. The van der Waals surface area contributed by atoms with Crippen molar-refractivity contribution in [1.82, 2.24) is 14.9 Å². The van der Waals surface area contributed by atoms with Gasteiger partial charge in [-0.2, -0.15) is 0 Å². The minimum absolute atomic E-state index is 0.132. The molecule has 4 heterocycles. The number of hydrogen-bond donors (Lipinski definition) is 1. The van der Waals surface area contributed by atoms with Crippen LogP contribution >= 0.6 is 12.2 Å². The molecule has 5 rings (SSSR count).